The number of urea groups is 1. The number of aromatic nitrogens is 2. The first kappa shape index (κ1) is 24.3. The fourth-order valence-electron chi connectivity index (χ4n) is 4.42. The number of likely N-dealkylation sites (tertiary alicyclic amines) is 1. The Morgan fingerprint density at radius 2 is 1.94 bits per heavy atom. The molecule has 0 unspecified atom stereocenters. The van der Waals surface area contributed by atoms with Crippen LogP contribution in [0.4, 0.5) is 10.7 Å². The van der Waals surface area contributed by atoms with E-state index >= 15 is 0 Å². The van der Waals surface area contributed by atoms with Crippen LogP contribution in [0.25, 0.3) is 0 Å². The number of nitrogens with one attached hydrogen (secondary N) is 2. The van der Waals surface area contributed by atoms with E-state index in [9.17, 15) is 9.90 Å². The molecule has 1 aromatic heterocycles. The fourth-order valence-corrected chi connectivity index (χ4v) is 4.42. The molecule has 3 heterocycles. The van der Waals surface area contributed by atoms with Crippen LogP contribution < -0.4 is 10.6 Å². The third-order valence-electron chi connectivity index (χ3n) is 6.49. The summed E-state index contributed by atoms with van der Waals surface area (Å²) < 4.78 is 0. The lowest BCUT2D eigenvalue weighted by atomic mass is 9.97. The van der Waals surface area contributed by atoms with E-state index in [-0.39, 0.29) is 26.1 Å². The average molecular weight is 459 g/mol. The second kappa shape index (κ2) is 10.1. The van der Waals surface area contributed by atoms with Crippen LogP contribution in [-0.2, 0) is 12.1 Å². The highest BCUT2D eigenvalue weighted by Gasteiger charge is 2.42. The maximum absolute atomic E-state index is 13.1. The molecule has 1 aromatic carbocycles. The van der Waals surface area contributed by atoms with Crippen molar-refractivity contribution in [3.8, 4) is 0 Å². The summed E-state index contributed by atoms with van der Waals surface area (Å²) in [4.78, 5) is 26.5. The first-order chi connectivity index (χ1) is 14.9. The lowest BCUT2D eigenvalue weighted by Crippen LogP contribution is -2.47. The number of aliphatic hydroxyl groups is 1. The van der Waals surface area contributed by atoms with E-state index in [1.165, 1.54) is 0 Å². The number of hydrogen-bond donors (Lipinski definition) is 3. The molecule has 2 amide bonds. The minimum Gasteiger partial charge on any atom is -0.394 e. The van der Waals surface area contributed by atoms with Gasteiger partial charge in [0.1, 0.15) is 0 Å². The number of benzene rings is 1. The van der Waals surface area contributed by atoms with E-state index in [4.69, 9.17) is 4.98 Å². The van der Waals surface area contributed by atoms with Crippen molar-refractivity contribution in [2.45, 2.75) is 50.9 Å². The molecule has 3 N–H and O–H groups in total. The summed E-state index contributed by atoms with van der Waals surface area (Å²) in [5.41, 5.74) is 2.15. The van der Waals surface area contributed by atoms with Gasteiger partial charge in [0.15, 0.2) is 0 Å². The highest BCUT2D eigenvalue weighted by atomic mass is 32.1. The van der Waals surface area contributed by atoms with Crippen molar-refractivity contribution in [2.75, 3.05) is 32.1 Å². The molecule has 0 radical (unpaired) electrons. The molecule has 1 atom stereocenters. The topological polar surface area (TPSA) is 93.6 Å². The van der Waals surface area contributed by atoms with Crippen LogP contribution in [-0.4, -0.2) is 63.7 Å². The van der Waals surface area contributed by atoms with Gasteiger partial charge in [-0.3, -0.25) is 0 Å². The third kappa shape index (κ3) is 5.00. The fraction of sp³-hybridized carbons (Fsp3) is 0.522. The summed E-state index contributed by atoms with van der Waals surface area (Å²) in [5, 5.41) is 16.2. The SMILES string of the molecule is CN1CCC(Nc2ncc3c(n2)CN(C(=O)N[C@H](CO)c2ccccc2)C3(C)C)CC1.S. The van der Waals surface area contributed by atoms with Crippen LogP contribution in [0.5, 0.6) is 0 Å². The van der Waals surface area contributed by atoms with Gasteiger partial charge in [0.2, 0.25) is 5.95 Å². The number of nitrogens with zero attached hydrogens (tertiary/aromatic N) is 4. The molecular formula is C23H34N6O2S. The standard InChI is InChI=1S/C23H32N6O2.H2S/c1-23(2)18-13-24-21(25-17-9-11-28(3)12-10-17)26-19(18)14-29(23)22(31)27-20(15-30)16-7-5-4-6-8-16;/h4-8,13,17,20,30H,9-12,14-15H2,1-3H3,(H,27,31)(H,24,25,26);1H2/t20-;/m1./s1. The minimum absolute atomic E-state index is 0. The first-order valence-electron chi connectivity index (χ1n) is 10.9. The lowest BCUT2D eigenvalue weighted by Gasteiger charge is -2.33. The largest absolute Gasteiger partial charge is 0.394 e. The van der Waals surface area contributed by atoms with Crippen molar-refractivity contribution in [1.82, 2.24) is 25.1 Å². The summed E-state index contributed by atoms with van der Waals surface area (Å²) in [6.45, 7) is 6.38. The second-order valence-corrected chi connectivity index (χ2v) is 9.02. The Bertz CT molecular complexity index is 918. The maximum Gasteiger partial charge on any atom is 0.319 e. The first-order valence-corrected chi connectivity index (χ1v) is 10.9. The summed E-state index contributed by atoms with van der Waals surface area (Å²) in [7, 11) is 2.14. The zero-order valence-corrected chi connectivity index (χ0v) is 20.0. The van der Waals surface area contributed by atoms with Gasteiger partial charge in [-0.05, 0) is 52.4 Å². The molecular weight excluding hydrogens is 424 g/mol. The van der Waals surface area contributed by atoms with E-state index in [2.05, 4.69) is 27.6 Å². The number of aliphatic hydroxyl groups excluding tert-OH is 1. The molecule has 2 aliphatic heterocycles. The van der Waals surface area contributed by atoms with Gasteiger partial charge in [0.05, 0.1) is 30.4 Å². The smallest absolute Gasteiger partial charge is 0.319 e. The van der Waals surface area contributed by atoms with Gasteiger partial charge >= 0.3 is 6.03 Å². The van der Waals surface area contributed by atoms with E-state index in [0.717, 1.165) is 42.8 Å². The number of rotatable bonds is 5. The summed E-state index contributed by atoms with van der Waals surface area (Å²) in [6, 6.07) is 9.20. The molecule has 9 heteroatoms. The van der Waals surface area contributed by atoms with Gasteiger partial charge < -0.3 is 25.5 Å². The molecule has 0 saturated carbocycles. The third-order valence-corrected chi connectivity index (χ3v) is 6.49. The summed E-state index contributed by atoms with van der Waals surface area (Å²) in [5.74, 6) is 0.629. The average Bonchev–Trinajstić information content (AvgIpc) is 3.04. The molecule has 174 valence electrons. The van der Waals surface area contributed by atoms with Crippen molar-refractivity contribution < 1.29 is 9.90 Å². The van der Waals surface area contributed by atoms with Crippen LogP contribution in [0.3, 0.4) is 0 Å². The zero-order valence-electron chi connectivity index (χ0n) is 19.0. The van der Waals surface area contributed by atoms with Crippen molar-refractivity contribution in [1.29, 1.82) is 0 Å². The number of hydrogen-bond acceptors (Lipinski definition) is 6. The monoisotopic (exact) mass is 458 g/mol. The Morgan fingerprint density at radius 3 is 2.59 bits per heavy atom. The lowest BCUT2D eigenvalue weighted by molar-refractivity contribution is 0.136. The van der Waals surface area contributed by atoms with Crippen LogP contribution >= 0.6 is 13.5 Å². The van der Waals surface area contributed by atoms with Crippen molar-refractivity contribution in [3.05, 3.63) is 53.3 Å². The molecule has 8 nitrogen and oxygen atoms in total. The number of carbonyl (C=O) groups excluding carboxylic acids is 1. The van der Waals surface area contributed by atoms with Gasteiger partial charge in [-0.2, -0.15) is 13.5 Å². The summed E-state index contributed by atoms with van der Waals surface area (Å²) >= 11 is 0. The molecule has 1 fully saturated rings. The highest BCUT2D eigenvalue weighted by Crippen LogP contribution is 2.38. The number of fused-ring (bicyclic) bond motifs is 1. The van der Waals surface area contributed by atoms with Crippen LogP contribution in [0.15, 0.2) is 36.5 Å². The summed E-state index contributed by atoms with van der Waals surface area (Å²) in [6.07, 6.45) is 3.98. The Labute approximate surface area is 196 Å². The van der Waals surface area contributed by atoms with Crippen molar-refractivity contribution in [3.63, 3.8) is 0 Å². The van der Waals surface area contributed by atoms with Crippen molar-refractivity contribution >= 4 is 25.5 Å². The molecule has 0 spiro atoms. The zero-order chi connectivity index (χ0) is 22.0. The molecule has 2 aliphatic rings. The number of piperidine rings is 1. The van der Waals surface area contributed by atoms with Gasteiger partial charge in [-0.15, -0.1) is 0 Å². The molecule has 1 saturated heterocycles. The molecule has 4 rings (SSSR count). The number of amides is 2. The second-order valence-electron chi connectivity index (χ2n) is 9.02. The van der Waals surface area contributed by atoms with Gasteiger partial charge in [-0.25, -0.2) is 14.8 Å². The minimum atomic E-state index is -0.539. The van der Waals surface area contributed by atoms with E-state index in [1.807, 2.05) is 50.4 Å². The normalized spacial score (nSPS) is 19.1. The maximum atomic E-state index is 13.1. The predicted molar refractivity (Wildman–Crippen MR) is 130 cm³/mol. The number of carbonyl (C=O) groups is 1. The highest BCUT2D eigenvalue weighted by molar-refractivity contribution is 7.59. The van der Waals surface area contributed by atoms with E-state index in [1.54, 1.807) is 4.90 Å². The molecule has 32 heavy (non-hydrogen) atoms. The van der Waals surface area contributed by atoms with Gasteiger partial charge in [0.25, 0.3) is 0 Å². The molecule has 2 aromatic rings. The van der Waals surface area contributed by atoms with Crippen molar-refractivity contribution in [2.24, 2.45) is 0 Å². The Morgan fingerprint density at radius 1 is 1.25 bits per heavy atom. The van der Waals surface area contributed by atoms with Gasteiger partial charge in [-0.1, -0.05) is 30.3 Å². The van der Waals surface area contributed by atoms with E-state index < -0.39 is 11.6 Å². The van der Waals surface area contributed by atoms with Crippen LogP contribution in [0.2, 0.25) is 0 Å². The predicted octanol–water partition coefficient (Wildman–Crippen LogP) is 2.59. The van der Waals surface area contributed by atoms with Crippen LogP contribution in [0.1, 0.15) is 49.6 Å². The number of anilines is 1. The van der Waals surface area contributed by atoms with E-state index in [0.29, 0.717) is 18.5 Å². The quantitative estimate of drug-likeness (QED) is 0.638. The molecule has 0 aliphatic carbocycles. The Balaban J connectivity index is 0.00000289. The molecule has 0 bridgehead atoms. The van der Waals surface area contributed by atoms with Crippen LogP contribution in [0, 0.1) is 0 Å². The van der Waals surface area contributed by atoms with Gasteiger partial charge in [0, 0.05) is 17.8 Å². The Hall–Kier alpha value is -2.36. The Kier molecular flexibility index (Phi) is 7.63.